The fourth-order valence-corrected chi connectivity index (χ4v) is 2.77. The quantitative estimate of drug-likeness (QED) is 0.904. The molecule has 0 aromatic heterocycles. The van der Waals surface area contributed by atoms with Crippen LogP contribution in [0.1, 0.15) is 18.1 Å². The Labute approximate surface area is 145 Å². The van der Waals surface area contributed by atoms with Crippen LogP contribution in [-0.4, -0.2) is 18.4 Å². The fourth-order valence-electron chi connectivity index (χ4n) is 2.40. The summed E-state index contributed by atoms with van der Waals surface area (Å²) in [6.07, 6.45) is 0. The molecule has 0 heterocycles. The van der Waals surface area contributed by atoms with E-state index in [1.165, 1.54) is 36.1 Å². The maximum Gasteiger partial charge on any atom is 0.244 e. The molecule has 0 bridgehead atoms. The van der Waals surface area contributed by atoms with Crippen LogP contribution in [0.2, 0.25) is 5.02 Å². The van der Waals surface area contributed by atoms with Crippen molar-refractivity contribution in [2.45, 2.75) is 20.8 Å². The molecule has 0 saturated carbocycles. The molecule has 24 heavy (non-hydrogen) atoms. The largest absolute Gasteiger partial charge is 0.323 e. The summed E-state index contributed by atoms with van der Waals surface area (Å²) >= 11 is 6.18. The Bertz CT molecular complexity index is 752. The van der Waals surface area contributed by atoms with Crippen molar-refractivity contribution in [2.75, 3.05) is 16.8 Å². The summed E-state index contributed by atoms with van der Waals surface area (Å²) in [7, 11) is 0. The van der Waals surface area contributed by atoms with Crippen LogP contribution < -0.4 is 10.2 Å². The van der Waals surface area contributed by atoms with Gasteiger partial charge >= 0.3 is 0 Å². The Morgan fingerprint density at radius 1 is 1.17 bits per heavy atom. The van der Waals surface area contributed by atoms with Gasteiger partial charge in [-0.15, -0.1) is 0 Å². The van der Waals surface area contributed by atoms with Crippen LogP contribution in [0, 0.1) is 19.7 Å². The molecule has 0 fully saturated rings. The van der Waals surface area contributed by atoms with Gasteiger partial charge in [-0.25, -0.2) is 4.39 Å². The molecule has 0 unspecified atom stereocenters. The second-order valence-corrected chi connectivity index (χ2v) is 5.98. The maximum atomic E-state index is 13.0. The smallest absolute Gasteiger partial charge is 0.244 e. The Kier molecular flexibility index (Phi) is 5.57. The van der Waals surface area contributed by atoms with Gasteiger partial charge in [0.25, 0.3) is 0 Å². The molecule has 2 aromatic rings. The Balaban J connectivity index is 2.17. The zero-order valence-corrected chi connectivity index (χ0v) is 14.4. The second-order valence-electron chi connectivity index (χ2n) is 5.57. The summed E-state index contributed by atoms with van der Waals surface area (Å²) in [5.41, 5.74) is 2.80. The number of nitrogens with zero attached hydrogens (tertiary/aromatic N) is 1. The molecular formula is C18H18ClFN2O2. The van der Waals surface area contributed by atoms with Gasteiger partial charge in [-0.1, -0.05) is 17.7 Å². The number of nitrogens with one attached hydrogen (secondary N) is 1. The Morgan fingerprint density at radius 2 is 1.79 bits per heavy atom. The number of hydrogen-bond donors (Lipinski definition) is 1. The third-order valence-electron chi connectivity index (χ3n) is 3.52. The number of carbonyl (C=O) groups excluding carboxylic acids is 2. The van der Waals surface area contributed by atoms with Crippen LogP contribution in [0.5, 0.6) is 0 Å². The van der Waals surface area contributed by atoms with E-state index in [0.29, 0.717) is 16.4 Å². The molecule has 0 spiro atoms. The molecule has 0 radical (unpaired) electrons. The first-order valence-electron chi connectivity index (χ1n) is 7.38. The van der Waals surface area contributed by atoms with Gasteiger partial charge in [0, 0.05) is 12.6 Å². The maximum absolute atomic E-state index is 13.0. The van der Waals surface area contributed by atoms with E-state index in [9.17, 15) is 14.0 Å². The molecule has 6 heteroatoms. The first-order valence-corrected chi connectivity index (χ1v) is 7.76. The van der Waals surface area contributed by atoms with E-state index in [1.807, 2.05) is 19.9 Å². The van der Waals surface area contributed by atoms with Gasteiger partial charge < -0.3 is 10.2 Å². The average Bonchev–Trinajstić information content (AvgIpc) is 2.49. The van der Waals surface area contributed by atoms with Gasteiger partial charge in [-0.3, -0.25) is 9.59 Å². The number of benzene rings is 2. The highest BCUT2D eigenvalue weighted by Gasteiger charge is 2.17. The number of amides is 2. The minimum atomic E-state index is -0.409. The highest BCUT2D eigenvalue weighted by molar-refractivity contribution is 6.34. The van der Waals surface area contributed by atoms with Gasteiger partial charge in [0.1, 0.15) is 12.4 Å². The highest BCUT2D eigenvalue weighted by Crippen LogP contribution is 2.27. The molecule has 0 aliphatic rings. The lowest BCUT2D eigenvalue weighted by atomic mass is 10.1. The zero-order valence-electron chi connectivity index (χ0n) is 13.7. The highest BCUT2D eigenvalue weighted by atomic mass is 35.5. The van der Waals surface area contributed by atoms with Crippen molar-refractivity contribution in [3.8, 4) is 0 Å². The lowest BCUT2D eigenvalue weighted by Gasteiger charge is -2.21. The first-order chi connectivity index (χ1) is 11.3. The topological polar surface area (TPSA) is 49.4 Å². The van der Waals surface area contributed by atoms with Crippen LogP contribution in [0.3, 0.4) is 0 Å². The fraction of sp³-hybridized carbons (Fsp3) is 0.222. The minimum absolute atomic E-state index is 0.190. The van der Waals surface area contributed by atoms with Crippen molar-refractivity contribution >= 4 is 34.8 Å². The van der Waals surface area contributed by atoms with Crippen LogP contribution in [-0.2, 0) is 9.59 Å². The van der Waals surface area contributed by atoms with E-state index in [4.69, 9.17) is 11.6 Å². The van der Waals surface area contributed by atoms with E-state index < -0.39 is 5.82 Å². The summed E-state index contributed by atoms with van der Waals surface area (Å²) in [6.45, 7) is 4.92. The van der Waals surface area contributed by atoms with E-state index >= 15 is 0 Å². The van der Waals surface area contributed by atoms with Crippen molar-refractivity contribution in [1.29, 1.82) is 0 Å². The predicted octanol–water partition coefficient (Wildman–Crippen LogP) is 4.09. The minimum Gasteiger partial charge on any atom is -0.323 e. The summed E-state index contributed by atoms with van der Waals surface area (Å²) < 4.78 is 13.0. The van der Waals surface area contributed by atoms with Crippen molar-refractivity contribution < 1.29 is 14.0 Å². The van der Waals surface area contributed by atoms with Crippen molar-refractivity contribution in [3.63, 3.8) is 0 Å². The molecule has 0 aliphatic heterocycles. The van der Waals surface area contributed by atoms with Crippen molar-refractivity contribution in [1.82, 2.24) is 0 Å². The molecule has 0 atom stereocenters. The van der Waals surface area contributed by atoms with Crippen molar-refractivity contribution in [3.05, 3.63) is 58.4 Å². The average molecular weight is 349 g/mol. The van der Waals surface area contributed by atoms with Gasteiger partial charge in [0.2, 0.25) is 11.8 Å². The van der Waals surface area contributed by atoms with Gasteiger partial charge in [0.15, 0.2) is 0 Å². The third-order valence-corrected chi connectivity index (χ3v) is 3.81. The lowest BCUT2D eigenvalue weighted by molar-refractivity contribution is -0.120. The van der Waals surface area contributed by atoms with E-state index in [-0.39, 0.29) is 18.4 Å². The van der Waals surface area contributed by atoms with Crippen LogP contribution >= 0.6 is 11.6 Å². The van der Waals surface area contributed by atoms with Crippen molar-refractivity contribution in [2.24, 2.45) is 0 Å². The Morgan fingerprint density at radius 3 is 2.33 bits per heavy atom. The molecule has 1 N–H and O–H groups in total. The SMILES string of the molecule is CC(=O)N(CC(=O)Nc1c(C)cc(C)cc1Cl)c1ccc(F)cc1. The summed E-state index contributed by atoms with van der Waals surface area (Å²) in [4.78, 5) is 25.4. The normalized spacial score (nSPS) is 10.4. The predicted molar refractivity (Wildman–Crippen MR) is 94.0 cm³/mol. The number of anilines is 2. The number of aryl methyl sites for hydroxylation is 2. The number of halogens is 2. The zero-order chi connectivity index (χ0) is 17.9. The van der Waals surface area contributed by atoms with Crippen LogP contribution in [0.15, 0.2) is 36.4 Å². The van der Waals surface area contributed by atoms with Gasteiger partial charge in [-0.05, 0) is 55.3 Å². The van der Waals surface area contributed by atoms with Gasteiger partial charge in [0.05, 0.1) is 10.7 Å². The monoisotopic (exact) mass is 348 g/mol. The first kappa shape index (κ1) is 17.9. The lowest BCUT2D eigenvalue weighted by Crippen LogP contribution is -2.36. The van der Waals surface area contributed by atoms with Gasteiger partial charge in [-0.2, -0.15) is 0 Å². The van der Waals surface area contributed by atoms with E-state index in [0.717, 1.165) is 11.1 Å². The molecule has 2 rings (SSSR count). The van der Waals surface area contributed by atoms with Crippen LogP contribution in [0.25, 0.3) is 0 Å². The molecule has 2 aromatic carbocycles. The standard InChI is InChI=1S/C18H18ClFN2O2/c1-11-8-12(2)18(16(19)9-11)21-17(24)10-22(13(3)23)15-6-4-14(20)5-7-15/h4-9H,10H2,1-3H3,(H,21,24). The molecule has 126 valence electrons. The molecule has 4 nitrogen and oxygen atoms in total. The molecule has 2 amide bonds. The third kappa shape index (κ3) is 4.32. The van der Waals surface area contributed by atoms with E-state index in [1.54, 1.807) is 6.07 Å². The molecule has 0 saturated heterocycles. The van der Waals surface area contributed by atoms with E-state index in [2.05, 4.69) is 5.32 Å². The summed E-state index contributed by atoms with van der Waals surface area (Å²) in [5, 5.41) is 3.18. The number of carbonyl (C=O) groups is 2. The number of rotatable bonds is 4. The second kappa shape index (κ2) is 7.45. The Hall–Kier alpha value is -2.40. The summed E-state index contributed by atoms with van der Waals surface area (Å²) in [6, 6.07) is 9.05. The molecular weight excluding hydrogens is 331 g/mol. The van der Waals surface area contributed by atoms with Crippen LogP contribution in [0.4, 0.5) is 15.8 Å². The summed E-state index contributed by atoms with van der Waals surface area (Å²) in [5.74, 6) is -1.11. The number of hydrogen-bond acceptors (Lipinski definition) is 2. The molecule has 0 aliphatic carbocycles.